The molecule has 3 rings (SSSR count). The van der Waals surface area contributed by atoms with Gasteiger partial charge in [0.25, 0.3) is 0 Å². The van der Waals surface area contributed by atoms with E-state index in [1.54, 1.807) is 17.9 Å². The lowest BCUT2D eigenvalue weighted by Crippen LogP contribution is -2.52. The maximum absolute atomic E-state index is 12.8. The normalized spacial score (nSPS) is 19.4. The minimum atomic E-state index is -3.76. The molecule has 2 aliphatic rings. The molecule has 0 unspecified atom stereocenters. The molecule has 130 valence electrons. The van der Waals surface area contributed by atoms with E-state index in [4.69, 9.17) is 0 Å². The lowest BCUT2D eigenvalue weighted by molar-refractivity contribution is -0.134. The van der Waals surface area contributed by atoms with Gasteiger partial charge in [-0.3, -0.25) is 9.59 Å². The Balaban J connectivity index is 1.82. The molecule has 1 aliphatic heterocycles. The first-order valence-electron chi connectivity index (χ1n) is 7.97. The summed E-state index contributed by atoms with van der Waals surface area (Å²) >= 11 is 0. The van der Waals surface area contributed by atoms with Crippen LogP contribution in [0, 0.1) is 6.92 Å². The van der Waals surface area contributed by atoms with Gasteiger partial charge in [0.1, 0.15) is 0 Å². The molecule has 1 aliphatic carbocycles. The number of piperazine rings is 1. The van der Waals surface area contributed by atoms with E-state index in [1.165, 1.54) is 23.4 Å². The lowest BCUT2D eigenvalue weighted by atomic mass is 10.2. The van der Waals surface area contributed by atoms with Crippen molar-refractivity contribution in [3.63, 3.8) is 0 Å². The van der Waals surface area contributed by atoms with Crippen molar-refractivity contribution >= 4 is 27.5 Å². The Morgan fingerprint density at radius 3 is 2.54 bits per heavy atom. The Morgan fingerprint density at radius 2 is 1.96 bits per heavy atom. The van der Waals surface area contributed by atoms with E-state index >= 15 is 0 Å². The van der Waals surface area contributed by atoms with Gasteiger partial charge >= 0.3 is 0 Å². The summed E-state index contributed by atoms with van der Waals surface area (Å²) in [6.07, 6.45) is 2.02. The number of hydrogen-bond acceptors (Lipinski definition) is 4. The zero-order chi connectivity index (χ0) is 17.5. The van der Waals surface area contributed by atoms with Crippen molar-refractivity contribution in [1.82, 2.24) is 9.21 Å². The fourth-order valence-electron chi connectivity index (χ4n) is 2.88. The third-order valence-corrected chi connectivity index (χ3v) is 6.21. The summed E-state index contributed by atoms with van der Waals surface area (Å²) in [7, 11) is -3.76. The summed E-state index contributed by atoms with van der Waals surface area (Å²) in [5, 5.41) is 2.63. The number of sulfonamides is 1. The highest BCUT2D eigenvalue weighted by Crippen LogP contribution is 2.30. The van der Waals surface area contributed by atoms with Crippen LogP contribution < -0.4 is 5.32 Å². The zero-order valence-electron chi connectivity index (χ0n) is 13.8. The van der Waals surface area contributed by atoms with E-state index in [0.717, 1.165) is 18.4 Å². The van der Waals surface area contributed by atoms with Gasteiger partial charge in [-0.15, -0.1) is 0 Å². The van der Waals surface area contributed by atoms with Crippen LogP contribution in [0.1, 0.15) is 25.3 Å². The number of rotatable bonds is 4. The SMILES string of the molecule is CC(=O)Nc1cc(S(=O)(=O)N2CCN(C3CC3)C(=O)C2)ccc1C. The fourth-order valence-corrected chi connectivity index (χ4v) is 4.28. The Labute approximate surface area is 141 Å². The van der Waals surface area contributed by atoms with Crippen LogP contribution in [0.2, 0.25) is 0 Å². The van der Waals surface area contributed by atoms with Crippen molar-refractivity contribution in [2.45, 2.75) is 37.6 Å². The molecule has 7 nitrogen and oxygen atoms in total. The molecular formula is C16H21N3O4S. The number of amides is 2. The molecule has 1 saturated carbocycles. The Morgan fingerprint density at radius 1 is 1.25 bits per heavy atom. The summed E-state index contributed by atoms with van der Waals surface area (Å²) in [6, 6.07) is 4.91. The topological polar surface area (TPSA) is 86.8 Å². The number of carbonyl (C=O) groups is 2. The Kier molecular flexibility index (Phi) is 4.35. The summed E-state index contributed by atoms with van der Waals surface area (Å²) in [4.78, 5) is 25.3. The first kappa shape index (κ1) is 16.9. The van der Waals surface area contributed by atoms with E-state index < -0.39 is 10.0 Å². The average Bonchev–Trinajstić information content (AvgIpc) is 3.33. The minimum absolute atomic E-state index is 0.0875. The van der Waals surface area contributed by atoms with E-state index in [0.29, 0.717) is 24.8 Å². The Hall–Kier alpha value is -1.93. The molecule has 1 N–H and O–H groups in total. The van der Waals surface area contributed by atoms with Gasteiger partial charge in [-0.05, 0) is 37.5 Å². The molecule has 1 heterocycles. The molecule has 2 amide bonds. The molecule has 1 aromatic rings. The van der Waals surface area contributed by atoms with Crippen LogP contribution in [-0.2, 0) is 19.6 Å². The standard InChI is InChI=1S/C16H21N3O4S/c1-11-3-6-14(9-15(11)17-12(2)20)24(22,23)18-7-8-19(13-4-5-13)16(21)10-18/h3,6,9,13H,4-5,7-8,10H2,1-2H3,(H,17,20). The van der Waals surface area contributed by atoms with Crippen molar-refractivity contribution in [2.75, 3.05) is 25.0 Å². The maximum Gasteiger partial charge on any atom is 0.243 e. The molecule has 1 saturated heterocycles. The molecule has 0 spiro atoms. The number of anilines is 1. The third kappa shape index (κ3) is 3.29. The Bertz CT molecular complexity index is 787. The number of hydrogen-bond donors (Lipinski definition) is 1. The monoisotopic (exact) mass is 351 g/mol. The van der Waals surface area contributed by atoms with Crippen molar-refractivity contribution in [1.29, 1.82) is 0 Å². The van der Waals surface area contributed by atoms with Crippen LogP contribution in [0.15, 0.2) is 23.1 Å². The third-order valence-electron chi connectivity index (χ3n) is 4.37. The second-order valence-corrected chi connectivity index (χ2v) is 8.25. The predicted molar refractivity (Wildman–Crippen MR) is 89.0 cm³/mol. The van der Waals surface area contributed by atoms with Crippen molar-refractivity contribution in [3.05, 3.63) is 23.8 Å². The minimum Gasteiger partial charge on any atom is -0.337 e. The summed E-state index contributed by atoms with van der Waals surface area (Å²) in [5.41, 5.74) is 1.24. The number of carbonyl (C=O) groups excluding carboxylic acids is 2. The van der Waals surface area contributed by atoms with Crippen molar-refractivity contribution in [3.8, 4) is 0 Å². The number of nitrogens with one attached hydrogen (secondary N) is 1. The number of benzene rings is 1. The summed E-state index contributed by atoms with van der Waals surface area (Å²) in [5.74, 6) is -0.401. The van der Waals surface area contributed by atoms with Crippen LogP contribution in [0.4, 0.5) is 5.69 Å². The van der Waals surface area contributed by atoms with Gasteiger partial charge in [-0.25, -0.2) is 8.42 Å². The van der Waals surface area contributed by atoms with Crippen LogP contribution >= 0.6 is 0 Å². The first-order valence-corrected chi connectivity index (χ1v) is 9.41. The molecular weight excluding hydrogens is 330 g/mol. The zero-order valence-corrected chi connectivity index (χ0v) is 14.6. The molecule has 24 heavy (non-hydrogen) atoms. The van der Waals surface area contributed by atoms with Gasteiger partial charge in [-0.2, -0.15) is 4.31 Å². The number of aryl methyl sites for hydroxylation is 1. The molecule has 1 aromatic carbocycles. The van der Waals surface area contributed by atoms with Gasteiger partial charge in [0.05, 0.1) is 11.4 Å². The second-order valence-electron chi connectivity index (χ2n) is 6.31. The van der Waals surface area contributed by atoms with Crippen LogP contribution in [0.3, 0.4) is 0 Å². The van der Waals surface area contributed by atoms with E-state index in [2.05, 4.69) is 5.32 Å². The highest BCUT2D eigenvalue weighted by molar-refractivity contribution is 7.89. The number of nitrogens with zero attached hydrogens (tertiary/aromatic N) is 2. The molecule has 0 bridgehead atoms. The molecule has 8 heteroatoms. The van der Waals surface area contributed by atoms with Gasteiger partial charge in [0.15, 0.2) is 0 Å². The van der Waals surface area contributed by atoms with Gasteiger partial charge in [0.2, 0.25) is 21.8 Å². The van der Waals surface area contributed by atoms with Crippen molar-refractivity contribution < 1.29 is 18.0 Å². The smallest absolute Gasteiger partial charge is 0.243 e. The summed E-state index contributed by atoms with van der Waals surface area (Å²) in [6.45, 7) is 3.78. The second kappa shape index (κ2) is 6.18. The molecule has 0 atom stereocenters. The van der Waals surface area contributed by atoms with E-state index in [-0.39, 0.29) is 23.3 Å². The van der Waals surface area contributed by atoms with Gasteiger partial charge in [-0.1, -0.05) is 6.07 Å². The van der Waals surface area contributed by atoms with Crippen LogP contribution in [0.5, 0.6) is 0 Å². The maximum atomic E-state index is 12.8. The molecule has 0 radical (unpaired) electrons. The largest absolute Gasteiger partial charge is 0.337 e. The van der Waals surface area contributed by atoms with E-state index in [9.17, 15) is 18.0 Å². The average molecular weight is 351 g/mol. The fraction of sp³-hybridized carbons (Fsp3) is 0.500. The highest BCUT2D eigenvalue weighted by Gasteiger charge is 2.39. The highest BCUT2D eigenvalue weighted by atomic mass is 32.2. The van der Waals surface area contributed by atoms with E-state index in [1.807, 2.05) is 0 Å². The van der Waals surface area contributed by atoms with Gasteiger partial charge < -0.3 is 10.2 Å². The van der Waals surface area contributed by atoms with Gasteiger partial charge in [0, 0.05) is 31.7 Å². The van der Waals surface area contributed by atoms with Crippen LogP contribution in [0.25, 0.3) is 0 Å². The summed E-state index contributed by atoms with van der Waals surface area (Å²) < 4.78 is 26.9. The van der Waals surface area contributed by atoms with Crippen LogP contribution in [-0.4, -0.2) is 55.1 Å². The molecule has 0 aromatic heterocycles. The predicted octanol–water partition coefficient (Wildman–Crippen LogP) is 0.949. The quantitative estimate of drug-likeness (QED) is 0.875. The van der Waals surface area contributed by atoms with Crippen molar-refractivity contribution in [2.24, 2.45) is 0 Å². The first-order chi connectivity index (χ1) is 11.3. The lowest BCUT2D eigenvalue weighted by Gasteiger charge is -2.33. The molecule has 2 fully saturated rings.